The van der Waals surface area contributed by atoms with Crippen molar-refractivity contribution in [1.29, 1.82) is 0 Å². The van der Waals surface area contributed by atoms with E-state index in [9.17, 15) is 19.1 Å². The average Bonchev–Trinajstić information content (AvgIpc) is 3.56. The maximum absolute atomic E-state index is 12.0. The van der Waals surface area contributed by atoms with Gasteiger partial charge in [-0.2, -0.15) is 0 Å². The lowest BCUT2D eigenvalue weighted by molar-refractivity contribution is -0.129. The number of hydrogen-bond donors (Lipinski definition) is 4. The molecule has 4 heterocycles. The van der Waals surface area contributed by atoms with E-state index in [2.05, 4.69) is 37.4 Å². The Hall–Kier alpha value is -3.41. The summed E-state index contributed by atoms with van der Waals surface area (Å²) in [5.41, 5.74) is 1.41. The van der Waals surface area contributed by atoms with Gasteiger partial charge in [-0.3, -0.25) is 14.4 Å². The topological polar surface area (TPSA) is 179 Å². The normalized spacial score (nSPS) is 24.9. The summed E-state index contributed by atoms with van der Waals surface area (Å²) in [7, 11) is -4.76. The zero-order valence-corrected chi connectivity index (χ0v) is 20.3. The van der Waals surface area contributed by atoms with Crippen molar-refractivity contribution in [2.24, 2.45) is 0 Å². The van der Waals surface area contributed by atoms with Gasteiger partial charge in [-0.05, 0) is 25.0 Å². The number of hydrogen-bond acceptors (Lipinski definition) is 9. The lowest BCUT2D eigenvalue weighted by Crippen LogP contribution is -2.31. The molecule has 2 saturated heterocycles. The molecule has 14 nitrogen and oxygen atoms in total. The first-order valence-electron chi connectivity index (χ1n) is 11.3. The van der Waals surface area contributed by atoms with Crippen LogP contribution in [0.2, 0.25) is 0 Å². The molecule has 2 amide bonds. The van der Waals surface area contributed by atoms with Crippen molar-refractivity contribution in [3.63, 3.8) is 0 Å². The van der Waals surface area contributed by atoms with Gasteiger partial charge in [0.25, 0.3) is 0 Å². The molecule has 0 saturated carbocycles. The summed E-state index contributed by atoms with van der Waals surface area (Å²) < 4.78 is 35.6. The van der Waals surface area contributed by atoms with Gasteiger partial charge in [-0.15, -0.1) is 0 Å². The van der Waals surface area contributed by atoms with Crippen LogP contribution in [0.3, 0.4) is 0 Å². The third-order valence-corrected chi connectivity index (χ3v) is 6.05. The number of nitrogens with zero attached hydrogens (tertiary/aromatic N) is 4. The smallest absolute Gasteiger partial charge is 0.347 e. The number of imidazole rings is 1. The number of rotatable bonds is 6. The molecule has 15 heteroatoms. The molecular formula is C22H23N6O8P. The predicted octanol–water partition coefficient (Wildman–Crippen LogP) is 1.14. The van der Waals surface area contributed by atoms with E-state index in [1.54, 1.807) is 11.5 Å². The van der Waals surface area contributed by atoms with Crippen molar-refractivity contribution in [2.45, 2.75) is 37.8 Å². The van der Waals surface area contributed by atoms with E-state index in [1.807, 2.05) is 30.3 Å². The lowest BCUT2D eigenvalue weighted by Gasteiger charge is -2.20. The standard InChI is InChI=1S/C22H23N6O8P/c1-2-23-22(29)27-19-16-20(25-11-24-19)28(12-26-16)21-18-17(14(34-21)10-33-37(30,31)32)35-15(36-18)9-8-13-6-4-3-5-7-13/h3-7,11-12,14-15,17-18,21H,2,10H2,1H3,(H2,30,31,32)(H2,23,24,25,27,29)/t14-,15?,17+,18?,21-/m1/s1. The number of carbonyl (C=O) groups excluding carboxylic acids is 1. The van der Waals surface area contributed by atoms with Crippen LogP contribution in [-0.4, -0.2) is 73.1 Å². The molecule has 0 aliphatic carbocycles. The van der Waals surface area contributed by atoms with E-state index in [1.165, 1.54) is 12.7 Å². The minimum atomic E-state index is -4.76. The third-order valence-electron chi connectivity index (χ3n) is 5.56. The Balaban J connectivity index is 1.42. The Morgan fingerprint density at radius 1 is 1.16 bits per heavy atom. The summed E-state index contributed by atoms with van der Waals surface area (Å²) in [5, 5.41) is 5.24. The third kappa shape index (κ3) is 5.63. The lowest BCUT2D eigenvalue weighted by atomic mass is 10.1. The van der Waals surface area contributed by atoms with Crippen LogP contribution in [0.5, 0.6) is 0 Å². The first-order valence-corrected chi connectivity index (χ1v) is 12.8. The van der Waals surface area contributed by atoms with E-state index in [0.29, 0.717) is 17.7 Å². The van der Waals surface area contributed by atoms with Gasteiger partial charge in [-0.1, -0.05) is 24.1 Å². The molecular weight excluding hydrogens is 507 g/mol. The highest BCUT2D eigenvalue weighted by molar-refractivity contribution is 7.46. The number of benzene rings is 1. The fraction of sp³-hybridized carbons (Fsp3) is 0.364. The number of fused-ring (bicyclic) bond motifs is 2. The molecule has 5 rings (SSSR count). The molecule has 4 N–H and O–H groups in total. The zero-order chi connectivity index (χ0) is 26.0. The molecule has 2 aliphatic rings. The highest BCUT2D eigenvalue weighted by atomic mass is 31.2. The van der Waals surface area contributed by atoms with Gasteiger partial charge in [0, 0.05) is 12.1 Å². The summed E-state index contributed by atoms with van der Waals surface area (Å²) in [6.07, 6.45) is -1.43. The van der Waals surface area contributed by atoms with Gasteiger partial charge in [0.2, 0.25) is 6.29 Å². The van der Waals surface area contributed by atoms with E-state index < -0.39 is 51.3 Å². The number of amides is 2. The van der Waals surface area contributed by atoms with Crippen LogP contribution in [0.15, 0.2) is 43.0 Å². The molecule has 2 fully saturated rings. The van der Waals surface area contributed by atoms with E-state index >= 15 is 0 Å². The van der Waals surface area contributed by atoms with Gasteiger partial charge in [-0.25, -0.2) is 24.3 Å². The van der Waals surface area contributed by atoms with Crippen LogP contribution in [0.25, 0.3) is 11.2 Å². The maximum Gasteiger partial charge on any atom is 0.469 e. The fourth-order valence-corrected chi connectivity index (χ4v) is 4.38. The van der Waals surface area contributed by atoms with Gasteiger partial charge in [0.1, 0.15) is 24.6 Å². The SMILES string of the molecule is CCNC(=O)Nc1ncnc2c1ncn2[C@@H]1O[C@H](COP(=O)(O)O)[C@@H]2OC(C#Cc3ccccc3)OC21. The predicted molar refractivity (Wildman–Crippen MR) is 127 cm³/mol. The molecule has 0 spiro atoms. The van der Waals surface area contributed by atoms with Crippen LogP contribution in [0.4, 0.5) is 10.6 Å². The Morgan fingerprint density at radius 3 is 2.70 bits per heavy atom. The number of phosphoric ester groups is 1. The van der Waals surface area contributed by atoms with Crippen molar-refractivity contribution in [3.8, 4) is 11.8 Å². The Labute approximate surface area is 210 Å². The molecule has 5 atom stereocenters. The average molecular weight is 530 g/mol. The van der Waals surface area contributed by atoms with Gasteiger partial charge >= 0.3 is 13.9 Å². The number of ether oxygens (including phenoxy) is 3. The minimum Gasteiger partial charge on any atom is -0.347 e. The highest BCUT2D eigenvalue weighted by Crippen LogP contribution is 2.43. The summed E-state index contributed by atoms with van der Waals surface area (Å²) in [4.78, 5) is 43.1. The summed E-state index contributed by atoms with van der Waals surface area (Å²) in [6.45, 7) is 1.76. The second-order valence-electron chi connectivity index (χ2n) is 8.05. The number of phosphoric acid groups is 1. The quantitative estimate of drug-likeness (QED) is 0.265. The molecule has 2 aromatic heterocycles. The van der Waals surface area contributed by atoms with Gasteiger partial charge < -0.3 is 29.3 Å². The van der Waals surface area contributed by atoms with E-state index in [0.717, 1.165) is 5.56 Å². The van der Waals surface area contributed by atoms with Crippen LogP contribution in [-0.2, 0) is 23.3 Å². The first-order chi connectivity index (χ1) is 17.8. The zero-order valence-electron chi connectivity index (χ0n) is 19.4. The Bertz CT molecular complexity index is 1390. The number of anilines is 1. The first kappa shape index (κ1) is 25.2. The number of aromatic nitrogens is 4. The Kier molecular flexibility index (Phi) is 7.18. The highest BCUT2D eigenvalue weighted by Gasteiger charge is 2.54. The van der Waals surface area contributed by atoms with Crippen LogP contribution >= 0.6 is 7.82 Å². The fourth-order valence-electron chi connectivity index (χ4n) is 4.04. The van der Waals surface area contributed by atoms with Gasteiger partial charge in [0.15, 0.2) is 23.2 Å². The molecule has 3 aromatic rings. The van der Waals surface area contributed by atoms with Crippen LogP contribution < -0.4 is 10.6 Å². The number of urea groups is 1. The van der Waals surface area contributed by atoms with E-state index in [4.69, 9.17) is 18.7 Å². The van der Waals surface area contributed by atoms with Crippen molar-refractivity contribution >= 4 is 30.8 Å². The summed E-state index contributed by atoms with van der Waals surface area (Å²) in [5.74, 6) is 6.09. The van der Waals surface area contributed by atoms with Crippen molar-refractivity contribution in [2.75, 3.05) is 18.5 Å². The second-order valence-corrected chi connectivity index (χ2v) is 9.29. The van der Waals surface area contributed by atoms with Crippen molar-refractivity contribution in [1.82, 2.24) is 24.8 Å². The molecule has 2 unspecified atom stereocenters. The number of nitrogens with one attached hydrogen (secondary N) is 2. The maximum atomic E-state index is 12.0. The molecule has 37 heavy (non-hydrogen) atoms. The molecule has 2 aliphatic heterocycles. The largest absolute Gasteiger partial charge is 0.469 e. The van der Waals surface area contributed by atoms with E-state index in [-0.39, 0.29) is 5.82 Å². The van der Waals surface area contributed by atoms with Crippen LogP contribution in [0.1, 0.15) is 18.7 Å². The van der Waals surface area contributed by atoms with Crippen molar-refractivity contribution in [3.05, 3.63) is 48.5 Å². The summed E-state index contributed by atoms with van der Waals surface area (Å²) in [6, 6.07) is 8.83. The van der Waals surface area contributed by atoms with Gasteiger partial charge in [0.05, 0.1) is 12.9 Å². The molecule has 1 aromatic carbocycles. The molecule has 0 radical (unpaired) electrons. The molecule has 194 valence electrons. The second kappa shape index (κ2) is 10.5. The minimum absolute atomic E-state index is 0.195. The molecule has 0 bridgehead atoms. The van der Waals surface area contributed by atoms with Crippen molar-refractivity contribution < 1.29 is 37.9 Å². The Morgan fingerprint density at radius 2 is 1.95 bits per heavy atom. The summed E-state index contributed by atoms with van der Waals surface area (Å²) >= 11 is 0. The van der Waals surface area contributed by atoms with Crippen LogP contribution in [0, 0.1) is 11.8 Å². The monoisotopic (exact) mass is 530 g/mol. The number of carbonyl (C=O) groups is 1.